The molecular weight excluding hydrogens is 466 g/mol. The van der Waals surface area contributed by atoms with Crippen molar-refractivity contribution in [3.05, 3.63) is 89.4 Å². The molecule has 1 aliphatic rings. The third-order valence-corrected chi connectivity index (χ3v) is 8.05. The van der Waals surface area contributed by atoms with Crippen molar-refractivity contribution in [2.24, 2.45) is 0 Å². The van der Waals surface area contributed by atoms with Crippen LogP contribution in [0.5, 0.6) is 0 Å². The van der Waals surface area contributed by atoms with Gasteiger partial charge in [0.1, 0.15) is 17.1 Å². The summed E-state index contributed by atoms with van der Waals surface area (Å²) in [6, 6.07) is 19.4. The molecule has 0 bridgehead atoms. The van der Waals surface area contributed by atoms with Crippen LogP contribution in [0.2, 0.25) is 0 Å². The first-order chi connectivity index (χ1) is 16.6. The van der Waals surface area contributed by atoms with Crippen molar-refractivity contribution < 1.29 is 22.4 Å². The molecular formula is C26H29N3O5S. The Balaban J connectivity index is 1.65. The van der Waals surface area contributed by atoms with Crippen LogP contribution in [-0.4, -0.2) is 48.1 Å². The number of hydrogen-bond donors (Lipinski definition) is 1. The van der Waals surface area contributed by atoms with Gasteiger partial charge in [-0.25, -0.2) is 8.42 Å². The molecule has 9 heteroatoms. The van der Waals surface area contributed by atoms with Gasteiger partial charge in [0.05, 0.1) is 18.0 Å². The average molecular weight is 496 g/mol. The fourth-order valence-electron chi connectivity index (χ4n) is 4.18. The zero-order chi connectivity index (χ0) is 25.2. The van der Waals surface area contributed by atoms with Crippen LogP contribution in [0.3, 0.4) is 0 Å². The summed E-state index contributed by atoms with van der Waals surface area (Å²) in [5, 5.41) is 2.89. The molecule has 1 fully saturated rings. The lowest BCUT2D eigenvalue weighted by molar-refractivity contribution is -0.154. The van der Waals surface area contributed by atoms with Gasteiger partial charge in [0, 0.05) is 13.1 Å². The van der Waals surface area contributed by atoms with E-state index in [1.807, 2.05) is 37.3 Å². The van der Waals surface area contributed by atoms with Crippen molar-refractivity contribution in [2.75, 3.05) is 13.1 Å². The van der Waals surface area contributed by atoms with Gasteiger partial charge in [0.25, 0.3) is 0 Å². The van der Waals surface area contributed by atoms with E-state index in [0.717, 1.165) is 15.4 Å². The van der Waals surface area contributed by atoms with Gasteiger partial charge in [-0.05, 0) is 50.6 Å². The number of rotatable bonds is 7. The maximum Gasteiger partial charge on any atom is 0.247 e. The van der Waals surface area contributed by atoms with Crippen LogP contribution >= 0.6 is 0 Å². The molecule has 2 aromatic carbocycles. The highest BCUT2D eigenvalue weighted by molar-refractivity contribution is 7.89. The zero-order valence-electron chi connectivity index (χ0n) is 20.0. The van der Waals surface area contributed by atoms with Crippen molar-refractivity contribution in [1.82, 2.24) is 14.5 Å². The lowest BCUT2D eigenvalue weighted by Gasteiger charge is -2.46. The van der Waals surface area contributed by atoms with E-state index in [-0.39, 0.29) is 31.1 Å². The number of carbonyl (C=O) groups excluding carboxylic acids is 2. The zero-order valence-corrected chi connectivity index (χ0v) is 20.8. The Morgan fingerprint density at radius 1 is 1.03 bits per heavy atom. The fraction of sp³-hybridized carbons (Fsp3) is 0.308. The number of nitrogens with zero attached hydrogens (tertiary/aromatic N) is 2. The molecule has 0 radical (unpaired) electrons. The highest BCUT2D eigenvalue weighted by atomic mass is 32.2. The van der Waals surface area contributed by atoms with Gasteiger partial charge in [0.2, 0.25) is 21.8 Å². The topological polar surface area (TPSA) is 99.9 Å². The third kappa shape index (κ3) is 5.16. The van der Waals surface area contributed by atoms with Crippen LogP contribution in [-0.2, 0) is 32.7 Å². The second-order valence-electron chi connectivity index (χ2n) is 9.02. The van der Waals surface area contributed by atoms with Crippen molar-refractivity contribution in [3.63, 3.8) is 0 Å². The summed E-state index contributed by atoms with van der Waals surface area (Å²) in [5.41, 5.74) is 0.357. The quantitative estimate of drug-likeness (QED) is 0.543. The maximum absolute atomic E-state index is 13.5. The number of carbonyl (C=O) groups is 2. The molecule has 0 unspecified atom stereocenters. The molecule has 0 aliphatic carbocycles. The van der Waals surface area contributed by atoms with E-state index >= 15 is 0 Å². The predicted octanol–water partition coefficient (Wildman–Crippen LogP) is 3.00. The third-order valence-electron chi connectivity index (χ3n) is 6.25. The molecule has 0 saturated carbocycles. The van der Waals surface area contributed by atoms with Crippen LogP contribution in [0.1, 0.15) is 29.6 Å². The molecule has 1 aromatic heterocycles. The van der Waals surface area contributed by atoms with Gasteiger partial charge in [-0.15, -0.1) is 0 Å². The van der Waals surface area contributed by atoms with Crippen LogP contribution in [0, 0.1) is 13.8 Å². The van der Waals surface area contributed by atoms with Gasteiger partial charge >= 0.3 is 0 Å². The Morgan fingerprint density at radius 2 is 1.71 bits per heavy atom. The summed E-state index contributed by atoms with van der Waals surface area (Å²) < 4.78 is 33.6. The van der Waals surface area contributed by atoms with E-state index in [1.165, 1.54) is 17.0 Å². The predicted molar refractivity (Wildman–Crippen MR) is 131 cm³/mol. The molecule has 1 saturated heterocycles. The van der Waals surface area contributed by atoms with Gasteiger partial charge in [-0.1, -0.05) is 48.0 Å². The molecule has 0 spiro atoms. The smallest absolute Gasteiger partial charge is 0.247 e. The standard InChI is InChI=1S/C26H29N3O5S/c1-19-9-13-23(14-10-19)35(32,33)28-17-24(30)29(16-22-12-11-20(2)34-22)26(3,18-28)25(31)27-15-21-7-5-4-6-8-21/h4-14H,15-18H2,1-3H3,(H,27,31)/t26-/m1/s1. The number of hydrogen-bond acceptors (Lipinski definition) is 5. The summed E-state index contributed by atoms with van der Waals surface area (Å²) in [7, 11) is -3.99. The van der Waals surface area contributed by atoms with E-state index in [1.54, 1.807) is 38.1 Å². The molecule has 4 rings (SSSR count). The number of amides is 2. The Labute approximate surface area is 205 Å². The molecule has 1 atom stereocenters. The normalized spacial score (nSPS) is 19.1. The minimum absolute atomic E-state index is 0.0559. The fourth-order valence-corrected chi connectivity index (χ4v) is 5.66. The minimum Gasteiger partial charge on any atom is -0.464 e. The second-order valence-corrected chi connectivity index (χ2v) is 11.0. The molecule has 3 aromatic rings. The lowest BCUT2D eigenvalue weighted by Crippen LogP contribution is -2.69. The van der Waals surface area contributed by atoms with Crippen LogP contribution in [0.15, 0.2) is 76.0 Å². The summed E-state index contributed by atoms with van der Waals surface area (Å²) in [6.07, 6.45) is 0. The molecule has 1 N–H and O–H groups in total. The van der Waals surface area contributed by atoms with E-state index in [4.69, 9.17) is 4.42 Å². The highest BCUT2D eigenvalue weighted by Gasteiger charge is 2.50. The first kappa shape index (κ1) is 24.7. The van der Waals surface area contributed by atoms with E-state index in [0.29, 0.717) is 11.5 Å². The van der Waals surface area contributed by atoms with Crippen LogP contribution < -0.4 is 5.32 Å². The number of benzene rings is 2. The van der Waals surface area contributed by atoms with Crippen molar-refractivity contribution >= 4 is 21.8 Å². The number of sulfonamides is 1. The first-order valence-electron chi connectivity index (χ1n) is 11.3. The Morgan fingerprint density at radius 3 is 2.34 bits per heavy atom. The summed E-state index contributed by atoms with van der Waals surface area (Å²) >= 11 is 0. The van der Waals surface area contributed by atoms with E-state index in [9.17, 15) is 18.0 Å². The van der Waals surface area contributed by atoms with Crippen molar-refractivity contribution in [1.29, 1.82) is 0 Å². The van der Waals surface area contributed by atoms with Crippen LogP contribution in [0.4, 0.5) is 0 Å². The van der Waals surface area contributed by atoms with E-state index in [2.05, 4.69) is 5.32 Å². The van der Waals surface area contributed by atoms with Gasteiger partial charge < -0.3 is 14.6 Å². The average Bonchev–Trinajstić information content (AvgIpc) is 3.25. The van der Waals surface area contributed by atoms with Crippen molar-refractivity contribution in [3.8, 4) is 0 Å². The molecule has 35 heavy (non-hydrogen) atoms. The largest absolute Gasteiger partial charge is 0.464 e. The van der Waals surface area contributed by atoms with Gasteiger partial charge in [-0.3, -0.25) is 9.59 Å². The second kappa shape index (κ2) is 9.67. The minimum atomic E-state index is -3.99. The van der Waals surface area contributed by atoms with E-state index < -0.39 is 27.4 Å². The summed E-state index contributed by atoms with van der Waals surface area (Å²) in [6.45, 7) is 5.01. The molecule has 2 amide bonds. The maximum atomic E-state index is 13.5. The molecule has 2 heterocycles. The SMILES string of the molecule is Cc1ccc(S(=O)(=O)N2CC(=O)N(Cc3ccc(C)o3)[C@@](C)(C(=O)NCc3ccccc3)C2)cc1. The van der Waals surface area contributed by atoms with Gasteiger partial charge in [-0.2, -0.15) is 4.31 Å². The number of aryl methyl sites for hydroxylation is 2. The lowest BCUT2D eigenvalue weighted by atomic mass is 9.95. The Bertz CT molecular complexity index is 1320. The molecule has 1 aliphatic heterocycles. The summed E-state index contributed by atoms with van der Waals surface area (Å²) in [4.78, 5) is 28.4. The number of furan rings is 1. The summed E-state index contributed by atoms with van der Waals surface area (Å²) in [5.74, 6) is 0.288. The van der Waals surface area contributed by atoms with Crippen molar-refractivity contribution in [2.45, 2.75) is 44.3 Å². The van der Waals surface area contributed by atoms with Crippen LogP contribution in [0.25, 0.3) is 0 Å². The molecule has 184 valence electrons. The monoisotopic (exact) mass is 495 g/mol. The molecule has 8 nitrogen and oxygen atoms in total. The number of piperazine rings is 1. The Hall–Kier alpha value is -3.43. The first-order valence-corrected chi connectivity index (χ1v) is 12.8. The Kier molecular flexibility index (Phi) is 6.82. The van der Waals surface area contributed by atoms with Gasteiger partial charge in [0.15, 0.2) is 0 Å². The number of nitrogens with one attached hydrogen (secondary N) is 1. The highest BCUT2D eigenvalue weighted by Crippen LogP contribution is 2.30.